The second-order valence-corrected chi connectivity index (χ2v) is 8.51. The molecule has 2 aromatic carbocycles. The lowest BCUT2D eigenvalue weighted by Crippen LogP contribution is -2.24. The number of sulfonamides is 1. The number of hydrogen-bond donors (Lipinski definition) is 1. The summed E-state index contributed by atoms with van der Waals surface area (Å²) >= 11 is 11.8. The molecule has 146 valence electrons. The Kier molecular flexibility index (Phi) is 6.51. The Morgan fingerprint density at radius 2 is 1.71 bits per heavy atom. The zero-order valence-corrected chi connectivity index (χ0v) is 16.7. The van der Waals surface area contributed by atoms with Crippen molar-refractivity contribution in [1.82, 2.24) is 9.71 Å². The van der Waals surface area contributed by atoms with E-state index in [9.17, 15) is 12.8 Å². The molecule has 0 radical (unpaired) electrons. The molecule has 0 saturated heterocycles. The Morgan fingerprint density at radius 3 is 2.43 bits per heavy atom. The zero-order chi connectivity index (χ0) is 20.1. The van der Waals surface area contributed by atoms with E-state index in [1.807, 2.05) is 0 Å². The molecule has 5 nitrogen and oxygen atoms in total. The minimum atomic E-state index is -3.59. The summed E-state index contributed by atoms with van der Waals surface area (Å²) in [6.07, 6.45) is 1.50. The van der Waals surface area contributed by atoms with Crippen molar-refractivity contribution in [2.45, 2.75) is 12.3 Å². The van der Waals surface area contributed by atoms with Gasteiger partial charge >= 0.3 is 0 Å². The van der Waals surface area contributed by atoms with Gasteiger partial charge in [0.2, 0.25) is 15.9 Å². The van der Waals surface area contributed by atoms with Gasteiger partial charge in [-0.3, -0.25) is 0 Å². The highest BCUT2D eigenvalue weighted by Crippen LogP contribution is 2.24. The summed E-state index contributed by atoms with van der Waals surface area (Å²) < 4.78 is 45.6. The van der Waals surface area contributed by atoms with Crippen LogP contribution in [0.3, 0.4) is 0 Å². The van der Waals surface area contributed by atoms with E-state index in [1.54, 1.807) is 24.3 Å². The summed E-state index contributed by atoms with van der Waals surface area (Å²) in [4.78, 5) is 4.07. The van der Waals surface area contributed by atoms with Crippen LogP contribution in [0.1, 0.15) is 11.1 Å². The number of benzene rings is 2. The topological polar surface area (TPSA) is 68.3 Å². The lowest BCUT2D eigenvalue weighted by atomic mass is 10.2. The van der Waals surface area contributed by atoms with Crippen LogP contribution in [0.25, 0.3) is 0 Å². The maximum absolute atomic E-state index is 12.9. The molecular formula is C19H15Cl2FN2O3S. The van der Waals surface area contributed by atoms with Gasteiger partial charge in [-0.2, -0.15) is 0 Å². The second kappa shape index (κ2) is 8.87. The van der Waals surface area contributed by atoms with Crippen molar-refractivity contribution < 1.29 is 17.5 Å². The number of ether oxygens (including phenoxy) is 1. The minimum Gasteiger partial charge on any atom is -0.439 e. The number of nitrogens with one attached hydrogen (secondary N) is 1. The predicted octanol–water partition coefficient (Wildman–Crippen LogP) is 4.94. The first kappa shape index (κ1) is 20.5. The van der Waals surface area contributed by atoms with Crippen LogP contribution in [0.2, 0.25) is 10.0 Å². The van der Waals surface area contributed by atoms with E-state index in [1.165, 1.54) is 36.5 Å². The smallest absolute Gasteiger partial charge is 0.219 e. The monoisotopic (exact) mass is 440 g/mol. The van der Waals surface area contributed by atoms with Crippen molar-refractivity contribution >= 4 is 33.2 Å². The van der Waals surface area contributed by atoms with Crippen molar-refractivity contribution in [3.8, 4) is 11.6 Å². The molecule has 0 fully saturated rings. The molecule has 0 spiro atoms. The SMILES string of the molecule is O=S(=O)(Cc1ccc(Cl)c(Cl)c1)NCc1ccnc(Oc2ccc(F)cc2)c1. The van der Waals surface area contributed by atoms with Crippen molar-refractivity contribution in [3.05, 3.63) is 87.8 Å². The van der Waals surface area contributed by atoms with E-state index < -0.39 is 10.0 Å². The van der Waals surface area contributed by atoms with E-state index >= 15 is 0 Å². The number of pyridine rings is 1. The third-order valence-electron chi connectivity index (χ3n) is 3.67. The minimum absolute atomic E-state index is 0.0615. The molecule has 0 aliphatic carbocycles. The van der Waals surface area contributed by atoms with Crippen LogP contribution in [-0.4, -0.2) is 13.4 Å². The fraction of sp³-hybridized carbons (Fsp3) is 0.105. The van der Waals surface area contributed by atoms with Gasteiger partial charge in [-0.1, -0.05) is 29.3 Å². The second-order valence-electron chi connectivity index (χ2n) is 5.89. The van der Waals surface area contributed by atoms with E-state index in [2.05, 4.69) is 9.71 Å². The molecule has 28 heavy (non-hydrogen) atoms. The Hall–Kier alpha value is -2.19. The molecule has 9 heteroatoms. The molecule has 0 bridgehead atoms. The van der Waals surface area contributed by atoms with Crippen LogP contribution in [-0.2, 0) is 22.3 Å². The maximum Gasteiger partial charge on any atom is 0.219 e. The lowest BCUT2D eigenvalue weighted by molar-refractivity contribution is 0.460. The largest absolute Gasteiger partial charge is 0.439 e. The fourth-order valence-corrected chi connectivity index (χ4v) is 3.76. The van der Waals surface area contributed by atoms with Gasteiger partial charge in [-0.05, 0) is 53.6 Å². The van der Waals surface area contributed by atoms with Crippen LogP contribution in [0, 0.1) is 5.82 Å². The first-order valence-electron chi connectivity index (χ1n) is 8.10. The van der Waals surface area contributed by atoms with E-state index in [0.717, 1.165) is 0 Å². The van der Waals surface area contributed by atoms with Crippen molar-refractivity contribution in [1.29, 1.82) is 0 Å². The first-order chi connectivity index (χ1) is 13.3. The lowest BCUT2D eigenvalue weighted by Gasteiger charge is -2.09. The molecule has 0 saturated carbocycles. The van der Waals surface area contributed by atoms with Gasteiger partial charge in [0, 0.05) is 18.8 Å². The predicted molar refractivity (Wildman–Crippen MR) is 107 cm³/mol. The van der Waals surface area contributed by atoms with Crippen LogP contribution in [0.15, 0.2) is 60.8 Å². The molecule has 0 unspecified atom stereocenters. The third kappa shape index (κ3) is 5.90. The van der Waals surface area contributed by atoms with Gasteiger partial charge in [0.15, 0.2) is 0 Å². The summed E-state index contributed by atoms with van der Waals surface area (Å²) in [5.41, 5.74) is 1.18. The molecule has 3 aromatic rings. The average molecular weight is 441 g/mol. The highest BCUT2D eigenvalue weighted by molar-refractivity contribution is 7.88. The highest BCUT2D eigenvalue weighted by Gasteiger charge is 2.13. The van der Waals surface area contributed by atoms with Crippen LogP contribution < -0.4 is 9.46 Å². The molecule has 0 atom stereocenters. The molecule has 0 aliphatic heterocycles. The van der Waals surface area contributed by atoms with Gasteiger partial charge in [0.05, 0.1) is 15.8 Å². The first-order valence-corrected chi connectivity index (χ1v) is 10.5. The molecule has 0 amide bonds. The number of rotatable bonds is 7. The molecular weight excluding hydrogens is 426 g/mol. The van der Waals surface area contributed by atoms with Crippen molar-refractivity contribution in [3.63, 3.8) is 0 Å². The van der Waals surface area contributed by atoms with Gasteiger partial charge in [0.1, 0.15) is 11.6 Å². The van der Waals surface area contributed by atoms with Gasteiger partial charge in [0.25, 0.3) is 0 Å². The molecule has 1 N–H and O–H groups in total. The third-order valence-corrected chi connectivity index (χ3v) is 5.71. The summed E-state index contributed by atoms with van der Waals surface area (Å²) in [5.74, 6) is 0.0953. The Morgan fingerprint density at radius 1 is 0.964 bits per heavy atom. The molecule has 0 aliphatic rings. The summed E-state index contributed by atoms with van der Waals surface area (Å²) in [6, 6.07) is 13.4. The summed E-state index contributed by atoms with van der Waals surface area (Å²) in [6.45, 7) is 0.0615. The summed E-state index contributed by atoms with van der Waals surface area (Å²) in [7, 11) is -3.59. The van der Waals surface area contributed by atoms with Gasteiger partial charge < -0.3 is 4.74 Å². The quantitative estimate of drug-likeness (QED) is 0.564. The van der Waals surface area contributed by atoms with Crippen LogP contribution in [0.5, 0.6) is 11.6 Å². The average Bonchev–Trinajstić information content (AvgIpc) is 2.65. The van der Waals surface area contributed by atoms with Crippen LogP contribution in [0.4, 0.5) is 4.39 Å². The fourth-order valence-electron chi connectivity index (χ4n) is 2.33. The number of nitrogens with zero attached hydrogens (tertiary/aromatic N) is 1. The van der Waals surface area contributed by atoms with Gasteiger partial charge in [-0.25, -0.2) is 22.5 Å². The summed E-state index contributed by atoms with van der Waals surface area (Å²) in [5, 5.41) is 0.660. The Labute approximate surface area is 172 Å². The molecule has 1 heterocycles. The highest BCUT2D eigenvalue weighted by atomic mass is 35.5. The molecule has 3 rings (SSSR count). The zero-order valence-electron chi connectivity index (χ0n) is 14.4. The standard InChI is InChI=1S/C19H15Cl2FN2O3S/c20-17-6-1-14(9-18(17)21)12-28(25,26)24-11-13-7-8-23-19(10-13)27-16-4-2-15(22)3-5-16/h1-10,24H,11-12H2. The van der Waals surface area contributed by atoms with E-state index in [-0.39, 0.29) is 24.0 Å². The van der Waals surface area contributed by atoms with E-state index in [0.29, 0.717) is 26.9 Å². The maximum atomic E-state index is 12.9. The van der Waals surface area contributed by atoms with Crippen molar-refractivity contribution in [2.75, 3.05) is 0 Å². The molecule has 1 aromatic heterocycles. The Balaban J connectivity index is 1.63. The van der Waals surface area contributed by atoms with Gasteiger partial charge in [-0.15, -0.1) is 0 Å². The number of halogens is 3. The van der Waals surface area contributed by atoms with Crippen LogP contribution >= 0.6 is 23.2 Å². The van der Waals surface area contributed by atoms with E-state index in [4.69, 9.17) is 27.9 Å². The van der Waals surface area contributed by atoms with Crippen molar-refractivity contribution in [2.24, 2.45) is 0 Å². The number of hydrogen-bond acceptors (Lipinski definition) is 4. The number of aromatic nitrogens is 1. The normalized spacial score (nSPS) is 11.4. The Bertz CT molecular complexity index is 1080.